The Kier molecular flexibility index (Phi) is 6.10. The van der Waals surface area contributed by atoms with Gasteiger partial charge >= 0.3 is 0 Å². The number of carbonyl (C=O) groups excluding carboxylic acids is 1. The zero-order valence-electron chi connectivity index (χ0n) is 14.5. The fourth-order valence-electron chi connectivity index (χ4n) is 2.59. The van der Waals surface area contributed by atoms with Gasteiger partial charge in [-0.1, -0.05) is 24.3 Å². The number of amides is 1. The summed E-state index contributed by atoms with van der Waals surface area (Å²) in [5.41, 5.74) is 1.51. The standard InChI is InChI=1S/C21H18F2N2O2/c22-18-6-1-4-16(10-18)13-25(14-17-5-3-9-24-12-17)21(26)15-27-20-8-2-7-19(23)11-20/h1-12H,13-15H2. The molecule has 2 aromatic carbocycles. The van der Waals surface area contributed by atoms with Crippen molar-refractivity contribution in [2.45, 2.75) is 13.1 Å². The van der Waals surface area contributed by atoms with Gasteiger partial charge in [0.05, 0.1) is 0 Å². The molecule has 6 heteroatoms. The Labute approximate surface area is 156 Å². The van der Waals surface area contributed by atoms with Crippen molar-refractivity contribution in [2.24, 2.45) is 0 Å². The SMILES string of the molecule is O=C(COc1cccc(F)c1)N(Cc1cccnc1)Cc1cccc(F)c1. The highest BCUT2D eigenvalue weighted by molar-refractivity contribution is 5.77. The van der Waals surface area contributed by atoms with Crippen LogP contribution in [0, 0.1) is 11.6 Å². The van der Waals surface area contributed by atoms with Crippen LogP contribution in [0.5, 0.6) is 5.75 Å². The molecule has 1 heterocycles. The maximum absolute atomic E-state index is 13.5. The number of hydrogen-bond acceptors (Lipinski definition) is 3. The number of carbonyl (C=O) groups is 1. The Morgan fingerprint density at radius 1 is 0.926 bits per heavy atom. The average Bonchev–Trinajstić information content (AvgIpc) is 2.66. The van der Waals surface area contributed by atoms with Gasteiger partial charge in [0, 0.05) is 31.5 Å². The van der Waals surface area contributed by atoms with Gasteiger partial charge in [-0.25, -0.2) is 8.78 Å². The van der Waals surface area contributed by atoms with Gasteiger partial charge in [-0.3, -0.25) is 9.78 Å². The number of nitrogens with zero attached hydrogens (tertiary/aromatic N) is 2. The van der Waals surface area contributed by atoms with Gasteiger partial charge in [-0.2, -0.15) is 0 Å². The third-order valence-corrected chi connectivity index (χ3v) is 3.87. The second kappa shape index (κ2) is 8.89. The second-order valence-electron chi connectivity index (χ2n) is 5.99. The lowest BCUT2D eigenvalue weighted by Crippen LogP contribution is -2.34. The van der Waals surface area contributed by atoms with E-state index in [1.165, 1.54) is 30.3 Å². The van der Waals surface area contributed by atoms with Crippen LogP contribution in [0.3, 0.4) is 0 Å². The summed E-state index contributed by atoms with van der Waals surface area (Å²) in [6, 6.07) is 15.3. The van der Waals surface area contributed by atoms with Crippen LogP contribution in [0.4, 0.5) is 8.78 Å². The molecule has 0 spiro atoms. The first-order valence-electron chi connectivity index (χ1n) is 8.39. The van der Waals surface area contributed by atoms with Crippen molar-refractivity contribution in [2.75, 3.05) is 6.61 Å². The molecule has 3 rings (SSSR count). The quantitative estimate of drug-likeness (QED) is 0.634. The van der Waals surface area contributed by atoms with Crippen LogP contribution in [0.2, 0.25) is 0 Å². The van der Waals surface area contributed by atoms with E-state index in [0.717, 1.165) is 5.56 Å². The molecule has 0 atom stereocenters. The summed E-state index contributed by atoms with van der Waals surface area (Å²) in [4.78, 5) is 18.3. The van der Waals surface area contributed by atoms with Gasteiger partial charge in [0.25, 0.3) is 5.91 Å². The minimum Gasteiger partial charge on any atom is -0.484 e. The molecule has 0 N–H and O–H groups in total. The van der Waals surface area contributed by atoms with Crippen LogP contribution in [0.15, 0.2) is 73.1 Å². The van der Waals surface area contributed by atoms with Crippen LogP contribution < -0.4 is 4.74 Å². The molecule has 0 unspecified atom stereocenters. The number of hydrogen-bond donors (Lipinski definition) is 0. The lowest BCUT2D eigenvalue weighted by molar-refractivity contribution is -0.134. The van der Waals surface area contributed by atoms with Gasteiger partial charge in [0.2, 0.25) is 0 Å². The maximum atomic E-state index is 13.5. The normalized spacial score (nSPS) is 10.4. The molecule has 3 aromatic rings. The highest BCUT2D eigenvalue weighted by Gasteiger charge is 2.16. The van der Waals surface area contributed by atoms with Gasteiger partial charge in [-0.05, 0) is 41.5 Å². The predicted octanol–water partition coefficient (Wildman–Crippen LogP) is 3.97. The van der Waals surface area contributed by atoms with E-state index >= 15 is 0 Å². The van der Waals surface area contributed by atoms with E-state index in [9.17, 15) is 13.6 Å². The van der Waals surface area contributed by atoms with E-state index in [-0.39, 0.29) is 30.6 Å². The molecular formula is C21H18F2N2O2. The summed E-state index contributed by atoms with van der Waals surface area (Å²) < 4.78 is 32.1. The molecule has 0 bridgehead atoms. The van der Waals surface area contributed by atoms with Gasteiger partial charge in [0.1, 0.15) is 17.4 Å². The van der Waals surface area contributed by atoms with E-state index < -0.39 is 5.82 Å². The number of rotatable bonds is 7. The molecule has 0 saturated heterocycles. The molecule has 0 saturated carbocycles. The van der Waals surface area contributed by atoms with Crippen molar-refractivity contribution < 1.29 is 18.3 Å². The van der Waals surface area contributed by atoms with Crippen LogP contribution >= 0.6 is 0 Å². The van der Waals surface area contributed by atoms with Crippen LogP contribution in [0.1, 0.15) is 11.1 Å². The highest BCUT2D eigenvalue weighted by atomic mass is 19.1. The smallest absolute Gasteiger partial charge is 0.261 e. The fourth-order valence-corrected chi connectivity index (χ4v) is 2.59. The highest BCUT2D eigenvalue weighted by Crippen LogP contribution is 2.14. The maximum Gasteiger partial charge on any atom is 0.261 e. The van der Waals surface area contributed by atoms with Gasteiger partial charge in [-0.15, -0.1) is 0 Å². The summed E-state index contributed by atoms with van der Waals surface area (Å²) in [6.07, 6.45) is 3.31. The van der Waals surface area contributed by atoms with Crippen molar-refractivity contribution in [3.63, 3.8) is 0 Å². The molecule has 138 valence electrons. The van der Waals surface area contributed by atoms with Crippen LogP contribution in [0.25, 0.3) is 0 Å². The molecule has 1 aromatic heterocycles. The van der Waals surface area contributed by atoms with E-state index in [1.807, 2.05) is 6.07 Å². The summed E-state index contributed by atoms with van der Waals surface area (Å²) >= 11 is 0. The molecule has 1 amide bonds. The second-order valence-corrected chi connectivity index (χ2v) is 5.99. The molecule has 0 aliphatic carbocycles. The summed E-state index contributed by atoms with van der Waals surface area (Å²) in [7, 11) is 0. The number of aromatic nitrogens is 1. The van der Waals surface area contributed by atoms with Crippen molar-refractivity contribution >= 4 is 5.91 Å². The molecule has 0 fully saturated rings. The topological polar surface area (TPSA) is 42.4 Å². The van der Waals surface area contributed by atoms with Crippen molar-refractivity contribution in [1.82, 2.24) is 9.88 Å². The molecule has 27 heavy (non-hydrogen) atoms. The van der Waals surface area contributed by atoms with Crippen molar-refractivity contribution in [3.8, 4) is 5.75 Å². The first-order valence-corrected chi connectivity index (χ1v) is 8.39. The molecule has 0 aliphatic heterocycles. The lowest BCUT2D eigenvalue weighted by Gasteiger charge is -2.23. The Morgan fingerprint density at radius 3 is 2.33 bits per heavy atom. The predicted molar refractivity (Wildman–Crippen MR) is 96.8 cm³/mol. The van der Waals surface area contributed by atoms with Gasteiger partial charge in [0.15, 0.2) is 6.61 Å². The minimum atomic E-state index is -0.438. The third kappa shape index (κ3) is 5.60. The average molecular weight is 368 g/mol. The lowest BCUT2D eigenvalue weighted by atomic mass is 10.2. The van der Waals surface area contributed by atoms with Gasteiger partial charge < -0.3 is 9.64 Å². The summed E-state index contributed by atoms with van der Waals surface area (Å²) in [5, 5.41) is 0. The zero-order valence-corrected chi connectivity index (χ0v) is 14.5. The molecular weight excluding hydrogens is 350 g/mol. The minimum absolute atomic E-state index is 0.220. The molecule has 4 nitrogen and oxygen atoms in total. The molecule has 0 radical (unpaired) electrons. The van der Waals surface area contributed by atoms with Crippen LogP contribution in [-0.2, 0) is 17.9 Å². The van der Waals surface area contributed by atoms with Crippen molar-refractivity contribution in [1.29, 1.82) is 0 Å². The number of pyridine rings is 1. The summed E-state index contributed by atoms with van der Waals surface area (Å²) in [6.45, 7) is 0.271. The van der Waals surface area contributed by atoms with E-state index in [1.54, 1.807) is 41.6 Å². The number of benzene rings is 2. The number of ether oxygens (including phenoxy) is 1. The Hall–Kier alpha value is -3.28. The Bertz CT molecular complexity index is 903. The van der Waals surface area contributed by atoms with E-state index in [4.69, 9.17) is 4.74 Å². The first-order chi connectivity index (χ1) is 13.1. The summed E-state index contributed by atoms with van der Waals surface area (Å²) in [5.74, 6) is -0.827. The zero-order chi connectivity index (χ0) is 19.1. The van der Waals surface area contributed by atoms with E-state index in [2.05, 4.69) is 4.98 Å². The fraction of sp³-hybridized carbons (Fsp3) is 0.143. The van der Waals surface area contributed by atoms with Crippen molar-refractivity contribution in [3.05, 3.63) is 95.8 Å². The Balaban J connectivity index is 1.72. The number of halogens is 2. The van der Waals surface area contributed by atoms with E-state index in [0.29, 0.717) is 12.1 Å². The monoisotopic (exact) mass is 368 g/mol. The molecule has 0 aliphatic rings. The van der Waals surface area contributed by atoms with Crippen LogP contribution in [-0.4, -0.2) is 22.4 Å². The third-order valence-electron chi connectivity index (χ3n) is 3.87. The largest absolute Gasteiger partial charge is 0.484 e. The Morgan fingerprint density at radius 2 is 1.63 bits per heavy atom. The first kappa shape index (κ1) is 18.5.